The van der Waals surface area contributed by atoms with E-state index in [1.165, 1.54) is 0 Å². The van der Waals surface area contributed by atoms with Crippen LogP contribution in [-0.4, -0.2) is 55.9 Å². The van der Waals surface area contributed by atoms with Crippen LogP contribution in [0.2, 0.25) is 0 Å². The van der Waals surface area contributed by atoms with Crippen molar-refractivity contribution in [2.75, 3.05) is 33.4 Å². The number of amides is 3. The molecule has 0 radical (unpaired) electrons. The number of hydrogen-bond acceptors (Lipinski definition) is 4. The molecule has 0 bridgehead atoms. The number of hydrogen-bond donors (Lipinski definition) is 1. The minimum Gasteiger partial charge on any atom is -0.378 e. The highest BCUT2D eigenvalue weighted by Crippen LogP contribution is 2.24. The van der Waals surface area contributed by atoms with Gasteiger partial charge in [-0.2, -0.15) is 0 Å². The Balaban J connectivity index is 1.98. The number of imide groups is 1. The van der Waals surface area contributed by atoms with Gasteiger partial charge in [0.2, 0.25) is 5.91 Å². The molecule has 0 aliphatic carbocycles. The topological polar surface area (TPSA) is 67.9 Å². The molecular weight excluding hydrogens is 212 g/mol. The molecular formula is C10H16N2O4. The molecule has 16 heavy (non-hydrogen) atoms. The van der Waals surface area contributed by atoms with Crippen LogP contribution in [0.15, 0.2) is 0 Å². The molecule has 1 N–H and O–H groups in total. The van der Waals surface area contributed by atoms with Crippen LogP contribution in [0.1, 0.15) is 12.8 Å². The smallest absolute Gasteiger partial charge is 0.324 e. The highest BCUT2D eigenvalue weighted by molar-refractivity contribution is 5.96. The van der Waals surface area contributed by atoms with Crippen LogP contribution >= 0.6 is 0 Å². The van der Waals surface area contributed by atoms with Crippen molar-refractivity contribution in [2.24, 2.45) is 0 Å². The van der Waals surface area contributed by atoms with Crippen molar-refractivity contribution in [1.29, 1.82) is 0 Å². The number of carbonyl (C=O) groups is 2. The number of methoxy groups -OCH3 is 1. The maximum absolute atomic E-state index is 11.5. The molecule has 2 saturated heterocycles. The van der Waals surface area contributed by atoms with Gasteiger partial charge in [0.25, 0.3) is 0 Å². The number of nitrogens with one attached hydrogen (secondary N) is 1. The summed E-state index contributed by atoms with van der Waals surface area (Å²) in [6.45, 7) is 2.09. The molecule has 6 nitrogen and oxygen atoms in total. The first-order valence-electron chi connectivity index (χ1n) is 5.37. The van der Waals surface area contributed by atoms with Crippen molar-refractivity contribution >= 4 is 11.9 Å². The van der Waals surface area contributed by atoms with E-state index in [0.717, 1.165) is 6.42 Å². The summed E-state index contributed by atoms with van der Waals surface area (Å²) in [6.07, 6.45) is 1.13. The fourth-order valence-corrected chi connectivity index (χ4v) is 2.04. The van der Waals surface area contributed by atoms with Gasteiger partial charge in [-0.05, 0) is 0 Å². The molecule has 0 aromatic rings. The van der Waals surface area contributed by atoms with Crippen LogP contribution in [0, 0.1) is 0 Å². The number of urea groups is 1. The third-order valence-corrected chi connectivity index (χ3v) is 3.12. The maximum atomic E-state index is 11.5. The van der Waals surface area contributed by atoms with E-state index in [-0.39, 0.29) is 11.9 Å². The van der Waals surface area contributed by atoms with Gasteiger partial charge < -0.3 is 14.4 Å². The summed E-state index contributed by atoms with van der Waals surface area (Å²) >= 11 is 0. The first-order valence-corrected chi connectivity index (χ1v) is 5.37. The molecule has 2 aliphatic rings. The van der Waals surface area contributed by atoms with E-state index in [1.807, 2.05) is 0 Å². The van der Waals surface area contributed by atoms with Crippen LogP contribution in [0.25, 0.3) is 0 Å². The second-order valence-electron chi connectivity index (χ2n) is 4.21. The molecule has 2 aliphatic heterocycles. The molecule has 3 amide bonds. The molecule has 2 fully saturated rings. The average molecular weight is 228 g/mol. The Kier molecular flexibility index (Phi) is 3.11. The van der Waals surface area contributed by atoms with E-state index < -0.39 is 5.60 Å². The van der Waals surface area contributed by atoms with Crippen molar-refractivity contribution in [2.45, 2.75) is 18.4 Å². The molecule has 1 unspecified atom stereocenters. The predicted molar refractivity (Wildman–Crippen MR) is 54.9 cm³/mol. The van der Waals surface area contributed by atoms with E-state index in [0.29, 0.717) is 32.7 Å². The van der Waals surface area contributed by atoms with E-state index in [9.17, 15) is 9.59 Å². The maximum Gasteiger partial charge on any atom is 0.324 e. The largest absolute Gasteiger partial charge is 0.378 e. The normalized spacial score (nSPS) is 30.7. The SMILES string of the molecule is COC1(CN2CCC(=O)NC2=O)CCOC1. The molecule has 90 valence electrons. The van der Waals surface area contributed by atoms with Gasteiger partial charge in [0.05, 0.1) is 13.2 Å². The zero-order valence-corrected chi connectivity index (χ0v) is 9.32. The van der Waals surface area contributed by atoms with Gasteiger partial charge in [0.1, 0.15) is 5.60 Å². The highest BCUT2D eigenvalue weighted by Gasteiger charge is 2.39. The van der Waals surface area contributed by atoms with E-state index in [1.54, 1.807) is 12.0 Å². The van der Waals surface area contributed by atoms with Gasteiger partial charge in [-0.15, -0.1) is 0 Å². The lowest BCUT2D eigenvalue weighted by Crippen LogP contribution is -2.55. The highest BCUT2D eigenvalue weighted by atomic mass is 16.5. The van der Waals surface area contributed by atoms with Crippen molar-refractivity contribution in [3.63, 3.8) is 0 Å². The fraction of sp³-hybridized carbons (Fsp3) is 0.800. The summed E-state index contributed by atoms with van der Waals surface area (Å²) in [4.78, 5) is 24.1. The molecule has 0 aromatic carbocycles. The van der Waals surface area contributed by atoms with E-state index in [2.05, 4.69) is 5.32 Å². The number of nitrogens with zero attached hydrogens (tertiary/aromatic N) is 1. The number of carbonyl (C=O) groups excluding carboxylic acids is 2. The van der Waals surface area contributed by atoms with Gasteiger partial charge in [0, 0.05) is 33.1 Å². The second-order valence-corrected chi connectivity index (χ2v) is 4.21. The van der Waals surface area contributed by atoms with Gasteiger partial charge in [-0.25, -0.2) is 4.79 Å². The third kappa shape index (κ3) is 2.17. The van der Waals surface area contributed by atoms with Crippen molar-refractivity contribution in [1.82, 2.24) is 10.2 Å². The summed E-state index contributed by atoms with van der Waals surface area (Å²) in [7, 11) is 1.63. The molecule has 0 spiro atoms. The Morgan fingerprint density at radius 3 is 2.94 bits per heavy atom. The molecule has 2 heterocycles. The summed E-state index contributed by atoms with van der Waals surface area (Å²) in [5.74, 6) is -0.213. The molecule has 6 heteroatoms. The van der Waals surface area contributed by atoms with Gasteiger partial charge in [-0.1, -0.05) is 0 Å². The zero-order chi connectivity index (χ0) is 11.6. The summed E-state index contributed by atoms with van der Waals surface area (Å²) < 4.78 is 10.7. The molecule has 2 rings (SSSR count). The predicted octanol–water partition coefficient (Wildman–Crippen LogP) is -0.266. The lowest BCUT2D eigenvalue weighted by Gasteiger charge is -2.34. The van der Waals surface area contributed by atoms with Crippen LogP contribution in [0.4, 0.5) is 4.79 Å². The van der Waals surface area contributed by atoms with Crippen LogP contribution in [-0.2, 0) is 14.3 Å². The lowest BCUT2D eigenvalue weighted by atomic mass is 10.0. The Hall–Kier alpha value is -1.14. The van der Waals surface area contributed by atoms with Crippen molar-refractivity contribution in [3.8, 4) is 0 Å². The van der Waals surface area contributed by atoms with Crippen LogP contribution < -0.4 is 5.32 Å². The quantitative estimate of drug-likeness (QED) is 0.722. The number of rotatable bonds is 3. The Morgan fingerprint density at radius 1 is 1.56 bits per heavy atom. The molecule has 1 atom stereocenters. The summed E-state index contributed by atoms with van der Waals surface area (Å²) in [6, 6.07) is -0.334. The van der Waals surface area contributed by atoms with Crippen LogP contribution in [0.3, 0.4) is 0 Å². The van der Waals surface area contributed by atoms with Crippen molar-refractivity contribution in [3.05, 3.63) is 0 Å². The molecule has 0 saturated carbocycles. The minimum atomic E-state index is -0.405. The van der Waals surface area contributed by atoms with Gasteiger partial charge >= 0.3 is 6.03 Å². The average Bonchev–Trinajstić information content (AvgIpc) is 2.72. The Labute approximate surface area is 93.9 Å². The zero-order valence-electron chi connectivity index (χ0n) is 9.32. The first-order chi connectivity index (χ1) is 7.65. The van der Waals surface area contributed by atoms with Crippen molar-refractivity contribution < 1.29 is 19.1 Å². The third-order valence-electron chi connectivity index (χ3n) is 3.12. The Bertz CT molecular complexity index is 299. The second kappa shape index (κ2) is 4.39. The van der Waals surface area contributed by atoms with E-state index >= 15 is 0 Å². The van der Waals surface area contributed by atoms with Crippen LogP contribution in [0.5, 0.6) is 0 Å². The monoisotopic (exact) mass is 228 g/mol. The number of ether oxygens (including phenoxy) is 2. The Morgan fingerprint density at radius 2 is 2.38 bits per heavy atom. The lowest BCUT2D eigenvalue weighted by molar-refractivity contribution is -0.122. The first kappa shape index (κ1) is 11.3. The van der Waals surface area contributed by atoms with Gasteiger partial charge in [-0.3, -0.25) is 10.1 Å². The summed E-state index contributed by atoms with van der Waals surface area (Å²) in [5.41, 5.74) is -0.405. The van der Waals surface area contributed by atoms with Gasteiger partial charge in [0.15, 0.2) is 0 Å². The standard InChI is InChI=1S/C10H16N2O4/c1-15-10(3-5-16-7-10)6-12-4-2-8(13)11-9(12)14/h2-7H2,1H3,(H,11,13,14). The minimum absolute atomic E-state index is 0.213. The van der Waals surface area contributed by atoms with E-state index in [4.69, 9.17) is 9.47 Å². The molecule has 0 aromatic heterocycles. The summed E-state index contributed by atoms with van der Waals surface area (Å²) in [5, 5.41) is 2.30. The fourth-order valence-electron chi connectivity index (χ4n) is 2.04.